The molecular formula is C18H38O4. The van der Waals surface area contributed by atoms with Crippen molar-refractivity contribution in [2.45, 2.75) is 80.3 Å². The number of carbonyl (C=O) groups is 1. The van der Waals surface area contributed by atoms with Gasteiger partial charge in [0.1, 0.15) is 0 Å². The molecule has 0 aliphatic carbocycles. The first kappa shape index (κ1) is 23.7. The number of aliphatic hydroxyl groups is 2. The Bertz CT molecular complexity index is 272. The number of hydrogen-bond donors (Lipinski definition) is 2. The minimum atomic E-state index is -0.419. The zero-order valence-corrected chi connectivity index (χ0v) is 15.7. The van der Waals surface area contributed by atoms with Gasteiger partial charge in [-0.1, -0.05) is 67.7 Å². The minimum Gasteiger partial charge on any atom is -0.465 e. The maximum absolute atomic E-state index is 11.0. The predicted octanol–water partition coefficient (Wildman–Crippen LogP) is 3.79. The Balaban J connectivity index is 0. The molecule has 0 saturated carbocycles. The average Bonchev–Trinajstić information content (AvgIpc) is 2.46. The highest BCUT2D eigenvalue weighted by molar-refractivity contribution is 5.71. The molecule has 0 aliphatic heterocycles. The molecule has 0 amide bonds. The second-order valence-corrected chi connectivity index (χ2v) is 7.22. The molecule has 0 bridgehead atoms. The summed E-state index contributed by atoms with van der Waals surface area (Å²) in [5.74, 6) is 0.143. The van der Waals surface area contributed by atoms with Crippen LogP contribution in [0.25, 0.3) is 0 Å². The number of aliphatic hydroxyl groups excluding tert-OH is 2. The number of esters is 1. The molecule has 0 saturated heterocycles. The highest BCUT2D eigenvalue weighted by Gasteiger charge is 2.28. The van der Waals surface area contributed by atoms with Crippen molar-refractivity contribution in [2.75, 3.05) is 13.2 Å². The molecule has 0 spiro atoms. The lowest BCUT2D eigenvalue weighted by Gasteiger charge is -2.30. The third-order valence-corrected chi connectivity index (χ3v) is 3.55. The molecule has 0 heterocycles. The summed E-state index contributed by atoms with van der Waals surface area (Å²) in [4.78, 5) is 11.0. The molecule has 1 unspecified atom stereocenters. The fraction of sp³-hybridized carbons (Fsp3) is 0.944. The van der Waals surface area contributed by atoms with Gasteiger partial charge in [0.25, 0.3) is 0 Å². The fourth-order valence-electron chi connectivity index (χ4n) is 1.86. The van der Waals surface area contributed by atoms with Gasteiger partial charge in [0.15, 0.2) is 0 Å². The lowest BCUT2D eigenvalue weighted by Crippen LogP contribution is -2.36. The van der Waals surface area contributed by atoms with Gasteiger partial charge in [0.2, 0.25) is 0 Å². The minimum absolute atomic E-state index is 0.0103. The van der Waals surface area contributed by atoms with Gasteiger partial charge >= 0.3 is 5.97 Å². The summed E-state index contributed by atoms with van der Waals surface area (Å²) in [6.07, 6.45) is 4.21. The molecule has 0 aromatic rings. The van der Waals surface area contributed by atoms with Crippen molar-refractivity contribution in [3.05, 3.63) is 0 Å². The van der Waals surface area contributed by atoms with Crippen LogP contribution in [0.15, 0.2) is 0 Å². The zero-order chi connectivity index (χ0) is 17.8. The Hall–Kier alpha value is -0.610. The van der Waals surface area contributed by atoms with Gasteiger partial charge in [0, 0.05) is 5.41 Å². The summed E-state index contributed by atoms with van der Waals surface area (Å²) >= 11 is 0. The lowest BCUT2D eigenvalue weighted by atomic mass is 9.82. The molecule has 2 N–H and O–H groups in total. The molecule has 0 radical (unpaired) electrons. The van der Waals surface area contributed by atoms with Crippen molar-refractivity contribution in [2.24, 2.45) is 17.3 Å². The Kier molecular flexibility index (Phi) is 13.9. The molecule has 1 atom stereocenters. The van der Waals surface area contributed by atoms with E-state index < -0.39 is 6.10 Å². The van der Waals surface area contributed by atoms with Crippen molar-refractivity contribution in [1.29, 1.82) is 0 Å². The van der Waals surface area contributed by atoms with Crippen LogP contribution in [-0.2, 0) is 9.53 Å². The van der Waals surface area contributed by atoms with Gasteiger partial charge in [-0.2, -0.15) is 0 Å². The maximum Gasteiger partial charge on any atom is 0.308 e. The Labute approximate surface area is 137 Å². The molecule has 0 aromatic heterocycles. The largest absolute Gasteiger partial charge is 0.465 e. The first-order valence-electron chi connectivity index (χ1n) is 8.55. The molecule has 0 rings (SSSR count). The van der Waals surface area contributed by atoms with Gasteiger partial charge in [-0.15, -0.1) is 0 Å². The molecule has 4 heteroatoms. The first-order valence-corrected chi connectivity index (χ1v) is 8.55. The first-order chi connectivity index (χ1) is 10.1. The van der Waals surface area contributed by atoms with E-state index in [0.29, 0.717) is 6.61 Å². The van der Waals surface area contributed by atoms with Crippen LogP contribution >= 0.6 is 0 Å². The molecular weight excluding hydrogens is 280 g/mol. The summed E-state index contributed by atoms with van der Waals surface area (Å²) in [5, 5.41) is 18.3. The highest BCUT2D eigenvalue weighted by atomic mass is 16.5. The number of unbranched alkanes of at least 4 members (excludes halogenated alkanes) is 3. The maximum atomic E-state index is 11.0. The normalized spacial score (nSPS) is 12.9. The number of carbonyl (C=O) groups excluding carboxylic acids is 1. The number of ether oxygens (including phenoxy) is 1. The molecule has 22 heavy (non-hydrogen) atoms. The molecule has 134 valence electrons. The van der Waals surface area contributed by atoms with Crippen LogP contribution in [0, 0.1) is 17.3 Å². The van der Waals surface area contributed by atoms with Crippen LogP contribution in [0.5, 0.6) is 0 Å². The van der Waals surface area contributed by atoms with E-state index in [4.69, 9.17) is 9.84 Å². The zero-order valence-electron chi connectivity index (χ0n) is 15.7. The van der Waals surface area contributed by atoms with Gasteiger partial charge in [-0.3, -0.25) is 4.79 Å². The molecule has 4 nitrogen and oxygen atoms in total. The summed E-state index contributed by atoms with van der Waals surface area (Å²) in [6.45, 7) is 14.1. The van der Waals surface area contributed by atoms with E-state index in [2.05, 4.69) is 6.92 Å². The van der Waals surface area contributed by atoms with E-state index in [1.54, 1.807) is 0 Å². The quantitative estimate of drug-likeness (QED) is 0.501. The second-order valence-electron chi connectivity index (χ2n) is 7.22. The van der Waals surface area contributed by atoms with Crippen LogP contribution in [0.3, 0.4) is 0 Å². The molecule has 0 aromatic carbocycles. The van der Waals surface area contributed by atoms with E-state index >= 15 is 0 Å². The lowest BCUT2D eigenvalue weighted by molar-refractivity contribution is -0.147. The van der Waals surface area contributed by atoms with Crippen LogP contribution in [-0.4, -0.2) is 35.5 Å². The highest BCUT2D eigenvalue weighted by Crippen LogP contribution is 2.24. The second kappa shape index (κ2) is 12.9. The van der Waals surface area contributed by atoms with Crippen LogP contribution in [0.4, 0.5) is 0 Å². The van der Waals surface area contributed by atoms with Crippen molar-refractivity contribution in [3.63, 3.8) is 0 Å². The van der Waals surface area contributed by atoms with E-state index in [-0.39, 0.29) is 29.8 Å². The third-order valence-electron chi connectivity index (χ3n) is 3.55. The predicted molar refractivity (Wildman–Crippen MR) is 91.7 cm³/mol. The van der Waals surface area contributed by atoms with E-state index in [1.165, 1.54) is 19.3 Å². The van der Waals surface area contributed by atoms with Gasteiger partial charge in [-0.25, -0.2) is 0 Å². The molecule has 0 aliphatic rings. The summed E-state index contributed by atoms with van der Waals surface area (Å²) in [7, 11) is 0. The van der Waals surface area contributed by atoms with Gasteiger partial charge < -0.3 is 14.9 Å². The van der Waals surface area contributed by atoms with Crippen molar-refractivity contribution in [1.82, 2.24) is 0 Å². The van der Waals surface area contributed by atoms with Crippen molar-refractivity contribution < 1.29 is 19.7 Å². The Morgan fingerprint density at radius 1 is 1.09 bits per heavy atom. The van der Waals surface area contributed by atoms with Crippen molar-refractivity contribution in [3.8, 4) is 0 Å². The number of rotatable bonds is 9. The van der Waals surface area contributed by atoms with E-state index in [9.17, 15) is 9.90 Å². The topological polar surface area (TPSA) is 66.8 Å². The Morgan fingerprint density at radius 2 is 1.64 bits per heavy atom. The molecule has 0 fully saturated rings. The van der Waals surface area contributed by atoms with E-state index in [1.807, 2.05) is 41.5 Å². The number of hydrogen-bond acceptors (Lipinski definition) is 4. The van der Waals surface area contributed by atoms with Gasteiger partial charge in [-0.05, 0) is 12.3 Å². The Morgan fingerprint density at radius 3 is 1.95 bits per heavy atom. The van der Waals surface area contributed by atoms with Crippen LogP contribution < -0.4 is 0 Å². The SMILES string of the molecule is CC(C)C(O)C(C)(C)CO.CCCCCCOC(=O)C(C)C. The monoisotopic (exact) mass is 318 g/mol. The average molecular weight is 318 g/mol. The summed E-state index contributed by atoms with van der Waals surface area (Å²) < 4.78 is 5.01. The van der Waals surface area contributed by atoms with Crippen molar-refractivity contribution >= 4 is 5.97 Å². The van der Waals surface area contributed by atoms with E-state index in [0.717, 1.165) is 6.42 Å². The summed E-state index contributed by atoms with van der Waals surface area (Å²) in [5.41, 5.74) is -0.367. The van der Waals surface area contributed by atoms with Crippen LogP contribution in [0.2, 0.25) is 0 Å². The standard InChI is InChI=1S/C10H20O2.C8H18O2/c1-4-5-6-7-8-12-10(11)9(2)3;1-6(2)7(10)8(3,4)5-9/h9H,4-8H2,1-3H3;6-7,9-10H,5H2,1-4H3. The fourth-order valence-corrected chi connectivity index (χ4v) is 1.86. The smallest absolute Gasteiger partial charge is 0.308 e. The summed E-state index contributed by atoms with van der Waals surface area (Å²) in [6, 6.07) is 0. The third kappa shape index (κ3) is 12.0. The van der Waals surface area contributed by atoms with Gasteiger partial charge in [0.05, 0.1) is 25.2 Å². The van der Waals surface area contributed by atoms with Crippen LogP contribution in [0.1, 0.15) is 74.1 Å².